The van der Waals surface area contributed by atoms with Crippen molar-refractivity contribution in [3.8, 4) is 5.75 Å². The Labute approximate surface area is 107 Å². The molecule has 0 radical (unpaired) electrons. The van der Waals surface area contributed by atoms with Gasteiger partial charge in [-0.2, -0.15) is 0 Å². The summed E-state index contributed by atoms with van der Waals surface area (Å²) in [6.07, 6.45) is 0.346. The zero-order valence-corrected chi connectivity index (χ0v) is 10.9. The number of benzene rings is 1. The Morgan fingerprint density at radius 2 is 2.24 bits per heavy atom. The number of hydrogen-bond acceptors (Lipinski definition) is 2. The fourth-order valence-electron chi connectivity index (χ4n) is 1.86. The average molecular weight is 256 g/mol. The van der Waals surface area contributed by atoms with Gasteiger partial charge in [-0.15, -0.1) is 11.6 Å². The molecule has 0 bridgehead atoms. The van der Waals surface area contributed by atoms with Crippen LogP contribution in [-0.2, 0) is 4.79 Å². The Morgan fingerprint density at radius 1 is 1.53 bits per heavy atom. The molecule has 0 saturated heterocycles. The van der Waals surface area contributed by atoms with E-state index in [1.54, 1.807) is 23.1 Å². The van der Waals surface area contributed by atoms with Gasteiger partial charge >= 0.3 is 0 Å². The van der Waals surface area contributed by atoms with Crippen LogP contribution in [-0.4, -0.2) is 28.3 Å². The van der Waals surface area contributed by atoms with Crippen LogP contribution in [0.1, 0.15) is 31.9 Å². The lowest BCUT2D eigenvalue weighted by Gasteiger charge is -2.28. The molecule has 1 aromatic carbocycles. The standard InChI is InChI=1S/C13H18ClNO2/c1-3-15(13(17)7-8-14)10(2)11-5-4-6-12(16)9-11/h4-6,9-10,16H,3,7-8H2,1-2H3. The fourth-order valence-corrected chi connectivity index (χ4v) is 2.02. The maximum Gasteiger partial charge on any atom is 0.224 e. The van der Waals surface area contributed by atoms with Crippen molar-refractivity contribution >= 4 is 17.5 Å². The van der Waals surface area contributed by atoms with E-state index in [4.69, 9.17) is 11.6 Å². The lowest BCUT2D eigenvalue weighted by Crippen LogP contribution is -2.33. The first-order chi connectivity index (χ1) is 8.10. The quantitative estimate of drug-likeness (QED) is 0.822. The number of rotatable bonds is 5. The van der Waals surface area contributed by atoms with Gasteiger partial charge in [-0.25, -0.2) is 0 Å². The van der Waals surface area contributed by atoms with Crippen molar-refractivity contribution < 1.29 is 9.90 Å². The van der Waals surface area contributed by atoms with Gasteiger partial charge in [0.15, 0.2) is 0 Å². The highest BCUT2D eigenvalue weighted by Gasteiger charge is 2.19. The summed E-state index contributed by atoms with van der Waals surface area (Å²) in [7, 11) is 0. The SMILES string of the molecule is CCN(C(=O)CCCl)C(C)c1cccc(O)c1. The van der Waals surface area contributed by atoms with Crippen molar-refractivity contribution in [1.29, 1.82) is 0 Å². The molecule has 4 heteroatoms. The van der Waals surface area contributed by atoms with E-state index in [9.17, 15) is 9.90 Å². The number of halogens is 1. The van der Waals surface area contributed by atoms with E-state index in [1.165, 1.54) is 0 Å². The van der Waals surface area contributed by atoms with Gasteiger partial charge < -0.3 is 10.0 Å². The third-order valence-electron chi connectivity index (χ3n) is 2.79. The molecule has 1 amide bonds. The third-order valence-corrected chi connectivity index (χ3v) is 2.98. The molecule has 0 heterocycles. The lowest BCUT2D eigenvalue weighted by atomic mass is 10.1. The molecule has 1 aromatic rings. The van der Waals surface area contributed by atoms with E-state index < -0.39 is 0 Å². The Kier molecular flexibility index (Phi) is 5.29. The highest BCUT2D eigenvalue weighted by molar-refractivity contribution is 6.18. The highest BCUT2D eigenvalue weighted by atomic mass is 35.5. The minimum absolute atomic E-state index is 0.0401. The Morgan fingerprint density at radius 3 is 2.76 bits per heavy atom. The smallest absolute Gasteiger partial charge is 0.224 e. The molecule has 0 spiro atoms. The molecule has 1 rings (SSSR count). The van der Waals surface area contributed by atoms with Gasteiger partial charge in [0, 0.05) is 18.8 Å². The van der Waals surface area contributed by atoms with Crippen LogP contribution in [0.2, 0.25) is 0 Å². The summed E-state index contributed by atoms with van der Waals surface area (Å²) in [6.45, 7) is 4.52. The molecule has 0 fully saturated rings. The Hall–Kier alpha value is -1.22. The van der Waals surface area contributed by atoms with Crippen molar-refractivity contribution in [1.82, 2.24) is 4.90 Å². The van der Waals surface area contributed by atoms with Gasteiger partial charge in [-0.1, -0.05) is 12.1 Å². The first kappa shape index (κ1) is 13.8. The maximum atomic E-state index is 11.9. The summed E-state index contributed by atoms with van der Waals surface area (Å²) in [6, 6.07) is 6.93. The van der Waals surface area contributed by atoms with Gasteiger partial charge in [-0.3, -0.25) is 4.79 Å². The van der Waals surface area contributed by atoms with E-state index in [1.807, 2.05) is 19.9 Å². The minimum atomic E-state index is -0.0529. The van der Waals surface area contributed by atoms with Crippen LogP contribution in [0.4, 0.5) is 0 Å². The zero-order chi connectivity index (χ0) is 12.8. The molecule has 1 unspecified atom stereocenters. The largest absolute Gasteiger partial charge is 0.508 e. The summed E-state index contributed by atoms with van der Waals surface area (Å²) in [5.41, 5.74) is 0.926. The normalized spacial score (nSPS) is 12.2. The number of nitrogens with zero attached hydrogens (tertiary/aromatic N) is 1. The number of amides is 1. The number of carbonyl (C=O) groups is 1. The second kappa shape index (κ2) is 6.50. The molecule has 0 aromatic heterocycles. The first-order valence-corrected chi connectivity index (χ1v) is 6.28. The predicted molar refractivity (Wildman–Crippen MR) is 69.2 cm³/mol. The second-order valence-electron chi connectivity index (χ2n) is 3.89. The molecule has 17 heavy (non-hydrogen) atoms. The lowest BCUT2D eigenvalue weighted by molar-refractivity contribution is -0.132. The van der Waals surface area contributed by atoms with Crippen LogP contribution in [0, 0.1) is 0 Å². The molecule has 1 N–H and O–H groups in total. The second-order valence-corrected chi connectivity index (χ2v) is 4.27. The van der Waals surface area contributed by atoms with Crippen LogP contribution in [0.5, 0.6) is 5.75 Å². The van der Waals surface area contributed by atoms with Crippen molar-refractivity contribution in [2.24, 2.45) is 0 Å². The molecular formula is C13H18ClNO2. The van der Waals surface area contributed by atoms with E-state index in [0.717, 1.165) is 5.56 Å². The molecule has 0 aliphatic carbocycles. The van der Waals surface area contributed by atoms with Crippen molar-refractivity contribution in [2.75, 3.05) is 12.4 Å². The van der Waals surface area contributed by atoms with Crippen molar-refractivity contribution in [3.05, 3.63) is 29.8 Å². The van der Waals surface area contributed by atoms with Crippen LogP contribution < -0.4 is 0 Å². The Balaban J connectivity index is 2.85. The molecule has 0 aliphatic heterocycles. The molecule has 1 atom stereocenters. The molecule has 0 aliphatic rings. The monoisotopic (exact) mass is 255 g/mol. The highest BCUT2D eigenvalue weighted by Crippen LogP contribution is 2.23. The van der Waals surface area contributed by atoms with Crippen LogP contribution in [0.3, 0.4) is 0 Å². The van der Waals surface area contributed by atoms with E-state index >= 15 is 0 Å². The molecule has 0 saturated carbocycles. The summed E-state index contributed by atoms with van der Waals surface area (Å²) < 4.78 is 0. The summed E-state index contributed by atoms with van der Waals surface area (Å²) in [4.78, 5) is 13.6. The third kappa shape index (κ3) is 3.63. The zero-order valence-electron chi connectivity index (χ0n) is 10.2. The number of phenolic OH excluding ortho intramolecular Hbond substituents is 1. The van der Waals surface area contributed by atoms with Crippen molar-refractivity contribution in [2.45, 2.75) is 26.3 Å². The number of alkyl halides is 1. The number of carbonyl (C=O) groups excluding carboxylic acids is 1. The van der Waals surface area contributed by atoms with E-state index in [-0.39, 0.29) is 17.7 Å². The molecule has 3 nitrogen and oxygen atoms in total. The molecule has 94 valence electrons. The predicted octanol–water partition coefficient (Wildman–Crippen LogP) is 2.93. The minimum Gasteiger partial charge on any atom is -0.508 e. The average Bonchev–Trinajstić information content (AvgIpc) is 2.30. The van der Waals surface area contributed by atoms with Gasteiger partial charge in [0.05, 0.1) is 6.04 Å². The van der Waals surface area contributed by atoms with Gasteiger partial charge in [0.25, 0.3) is 0 Å². The van der Waals surface area contributed by atoms with E-state index in [2.05, 4.69) is 0 Å². The van der Waals surface area contributed by atoms with Crippen molar-refractivity contribution in [3.63, 3.8) is 0 Å². The fraction of sp³-hybridized carbons (Fsp3) is 0.462. The maximum absolute atomic E-state index is 11.9. The molecular weight excluding hydrogens is 238 g/mol. The summed E-state index contributed by atoms with van der Waals surface area (Å²) in [5.74, 6) is 0.593. The van der Waals surface area contributed by atoms with Crippen LogP contribution in [0.15, 0.2) is 24.3 Å². The number of aromatic hydroxyl groups is 1. The van der Waals surface area contributed by atoms with Gasteiger partial charge in [0.1, 0.15) is 5.75 Å². The first-order valence-electron chi connectivity index (χ1n) is 5.74. The van der Waals surface area contributed by atoms with Gasteiger partial charge in [-0.05, 0) is 31.5 Å². The van der Waals surface area contributed by atoms with Gasteiger partial charge in [0.2, 0.25) is 5.91 Å². The Bertz CT molecular complexity index is 381. The topological polar surface area (TPSA) is 40.5 Å². The number of hydrogen-bond donors (Lipinski definition) is 1. The summed E-state index contributed by atoms with van der Waals surface area (Å²) >= 11 is 5.59. The van der Waals surface area contributed by atoms with E-state index in [0.29, 0.717) is 18.8 Å². The number of phenols is 1. The van der Waals surface area contributed by atoms with Crippen LogP contribution in [0.25, 0.3) is 0 Å². The summed E-state index contributed by atoms with van der Waals surface area (Å²) in [5, 5.41) is 9.43. The van der Waals surface area contributed by atoms with Crippen LogP contribution >= 0.6 is 11.6 Å².